The van der Waals surface area contributed by atoms with E-state index in [2.05, 4.69) is 15.4 Å². The van der Waals surface area contributed by atoms with Gasteiger partial charge in [-0.3, -0.25) is 0 Å². The van der Waals surface area contributed by atoms with Gasteiger partial charge in [-0.25, -0.2) is 4.79 Å². The fourth-order valence-electron chi connectivity index (χ4n) is 2.02. The number of amides is 1. The van der Waals surface area contributed by atoms with Crippen molar-refractivity contribution in [2.45, 2.75) is 18.4 Å². The van der Waals surface area contributed by atoms with Gasteiger partial charge in [0.1, 0.15) is 6.61 Å². The molecule has 0 spiro atoms. The van der Waals surface area contributed by atoms with Crippen molar-refractivity contribution < 1.29 is 19.2 Å². The zero-order valence-corrected chi connectivity index (χ0v) is 16.2. The number of hydroxylamine groups is 1. The Balaban J connectivity index is 2.05. The first-order valence-electron chi connectivity index (χ1n) is 7.64. The highest BCUT2D eigenvalue weighted by Crippen LogP contribution is 2.25. The molecule has 2 aromatic rings. The average molecular weight is 395 g/mol. The van der Waals surface area contributed by atoms with Gasteiger partial charge >= 0.3 is 6.09 Å². The number of oxime groups is 1. The third kappa shape index (κ3) is 5.57. The van der Waals surface area contributed by atoms with Crippen molar-refractivity contribution in [1.29, 1.82) is 0 Å². The Morgan fingerprint density at radius 1 is 1.27 bits per heavy atom. The summed E-state index contributed by atoms with van der Waals surface area (Å²) < 4.78 is 4.44. The summed E-state index contributed by atoms with van der Waals surface area (Å²) in [6.07, 6.45) is 1.29. The number of benzene rings is 2. The fraction of sp³-hybridized carbons (Fsp3) is 0.222. The van der Waals surface area contributed by atoms with Crippen LogP contribution in [0.2, 0.25) is 5.02 Å². The zero-order valence-electron chi connectivity index (χ0n) is 14.6. The molecule has 0 aliphatic carbocycles. The number of carbonyl (C=O) groups excluding carboxylic acids is 1. The second kappa shape index (κ2) is 9.94. The second-order valence-electron chi connectivity index (χ2n) is 5.10. The molecule has 1 N–H and O–H groups in total. The Bertz CT molecular complexity index is 799. The van der Waals surface area contributed by atoms with Crippen LogP contribution in [0.3, 0.4) is 0 Å². The lowest BCUT2D eigenvalue weighted by Crippen LogP contribution is -2.26. The molecule has 0 saturated heterocycles. The first-order chi connectivity index (χ1) is 12.5. The molecule has 2 rings (SSSR count). The number of ether oxygens (including phenoxy) is 1. The number of nitrogens with one attached hydrogen (secondary N) is 1. The second-order valence-corrected chi connectivity index (χ2v) is 6.36. The van der Waals surface area contributed by atoms with E-state index in [9.17, 15) is 4.79 Å². The Labute approximate surface area is 161 Å². The number of thioether (sulfide) groups is 1. The van der Waals surface area contributed by atoms with Gasteiger partial charge in [-0.2, -0.15) is 5.48 Å². The highest BCUT2D eigenvalue weighted by Gasteiger charge is 2.09. The van der Waals surface area contributed by atoms with E-state index in [1.807, 2.05) is 30.5 Å². The van der Waals surface area contributed by atoms with Crippen molar-refractivity contribution in [1.82, 2.24) is 5.48 Å². The molecular weight excluding hydrogens is 376 g/mol. The number of nitrogens with zero attached hydrogens (tertiary/aromatic N) is 1. The van der Waals surface area contributed by atoms with Crippen molar-refractivity contribution in [3.05, 3.63) is 58.6 Å². The minimum Gasteiger partial charge on any atom is -0.451 e. The van der Waals surface area contributed by atoms with Gasteiger partial charge in [0.25, 0.3) is 0 Å². The van der Waals surface area contributed by atoms with Gasteiger partial charge in [-0.1, -0.05) is 41.0 Å². The van der Waals surface area contributed by atoms with Crippen LogP contribution in [0, 0.1) is 0 Å². The number of carbonyl (C=O) groups is 1. The predicted molar refractivity (Wildman–Crippen MR) is 103 cm³/mol. The van der Waals surface area contributed by atoms with Crippen LogP contribution in [0.1, 0.15) is 18.1 Å². The zero-order chi connectivity index (χ0) is 18.9. The Morgan fingerprint density at radius 3 is 2.77 bits per heavy atom. The molecule has 0 atom stereocenters. The molecule has 0 fully saturated rings. The minimum atomic E-state index is -0.729. The van der Waals surface area contributed by atoms with Crippen LogP contribution in [0.25, 0.3) is 0 Å². The van der Waals surface area contributed by atoms with Gasteiger partial charge in [-0.05, 0) is 31.4 Å². The summed E-state index contributed by atoms with van der Waals surface area (Å²) in [7, 11) is 1.24. The van der Waals surface area contributed by atoms with E-state index in [4.69, 9.17) is 21.3 Å². The number of hydrogen-bond acceptors (Lipinski definition) is 6. The molecule has 0 saturated carbocycles. The molecule has 0 aliphatic rings. The molecule has 26 heavy (non-hydrogen) atoms. The lowest BCUT2D eigenvalue weighted by Gasteiger charge is -2.10. The normalized spacial score (nSPS) is 11.0. The highest BCUT2D eigenvalue weighted by atomic mass is 35.5. The van der Waals surface area contributed by atoms with Crippen LogP contribution in [0.4, 0.5) is 4.79 Å². The van der Waals surface area contributed by atoms with Crippen molar-refractivity contribution in [3.63, 3.8) is 0 Å². The van der Waals surface area contributed by atoms with Crippen molar-refractivity contribution in [3.8, 4) is 5.75 Å². The first kappa shape index (κ1) is 19.9. The summed E-state index contributed by atoms with van der Waals surface area (Å²) in [4.78, 5) is 22.9. The van der Waals surface area contributed by atoms with Crippen LogP contribution < -0.4 is 10.3 Å². The molecule has 2 aromatic carbocycles. The summed E-state index contributed by atoms with van der Waals surface area (Å²) in [5.41, 5.74) is 4.57. The lowest BCUT2D eigenvalue weighted by atomic mass is 10.1. The molecular formula is C18H19ClN2O4S. The average Bonchev–Trinajstić information content (AvgIpc) is 2.67. The van der Waals surface area contributed by atoms with Crippen molar-refractivity contribution in [2.24, 2.45) is 5.16 Å². The fourth-order valence-corrected chi connectivity index (χ4v) is 2.78. The SMILES string of the molecule is COC(=O)NOc1cc(C(C)=NOCc2ccccc2SC)ccc1Cl. The topological polar surface area (TPSA) is 69.2 Å². The van der Waals surface area contributed by atoms with E-state index >= 15 is 0 Å². The van der Waals surface area contributed by atoms with Gasteiger partial charge < -0.3 is 14.4 Å². The van der Waals surface area contributed by atoms with Crippen LogP contribution >= 0.6 is 23.4 Å². The van der Waals surface area contributed by atoms with E-state index in [-0.39, 0.29) is 5.75 Å². The molecule has 0 aliphatic heterocycles. The number of halogens is 1. The largest absolute Gasteiger partial charge is 0.451 e. The van der Waals surface area contributed by atoms with E-state index in [0.29, 0.717) is 17.3 Å². The van der Waals surface area contributed by atoms with E-state index in [0.717, 1.165) is 16.0 Å². The Kier molecular flexibility index (Phi) is 7.62. The molecule has 1 amide bonds. The smallest absolute Gasteiger partial charge is 0.440 e. The number of methoxy groups -OCH3 is 1. The summed E-state index contributed by atoms with van der Waals surface area (Å²) in [5.74, 6) is 0.275. The van der Waals surface area contributed by atoms with Crippen LogP contribution in [-0.2, 0) is 16.2 Å². The monoisotopic (exact) mass is 394 g/mol. The summed E-state index contributed by atoms with van der Waals surface area (Å²) >= 11 is 7.71. The quantitative estimate of drug-likeness (QED) is 0.420. The number of rotatable bonds is 7. The van der Waals surface area contributed by atoms with Gasteiger partial charge in [0, 0.05) is 16.0 Å². The lowest BCUT2D eigenvalue weighted by molar-refractivity contribution is 0.118. The van der Waals surface area contributed by atoms with E-state index in [1.165, 1.54) is 7.11 Å². The maximum Gasteiger partial charge on any atom is 0.440 e. The third-order valence-corrected chi connectivity index (χ3v) is 4.54. The molecule has 0 heterocycles. The highest BCUT2D eigenvalue weighted by molar-refractivity contribution is 7.98. The molecule has 0 unspecified atom stereocenters. The van der Waals surface area contributed by atoms with E-state index < -0.39 is 6.09 Å². The first-order valence-corrected chi connectivity index (χ1v) is 9.24. The molecule has 0 aromatic heterocycles. The Morgan fingerprint density at radius 2 is 2.04 bits per heavy atom. The molecule has 8 heteroatoms. The molecule has 0 radical (unpaired) electrons. The number of hydrogen-bond donors (Lipinski definition) is 1. The van der Waals surface area contributed by atoms with Crippen LogP contribution in [-0.4, -0.2) is 25.2 Å². The molecule has 0 bridgehead atoms. The van der Waals surface area contributed by atoms with Gasteiger partial charge in [0.05, 0.1) is 17.8 Å². The minimum absolute atomic E-state index is 0.275. The summed E-state index contributed by atoms with van der Waals surface area (Å²) in [6, 6.07) is 13.1. The third-order valence-electron chi connectivity index (χ3n) is 3.39. The van der Waals surface area contributed by atoms with Crippen molar-refractivity contribution >= 4 is 35.2 Å². The van der Waals surface area contributed by atoms with E-state index in [1.54, 1.807) is 36.9 Å². The maximum absolute atomic E-state index is 11.1. The summed E-state index contributed by atoms with van der Waals surface area (Å²) in [5, 5.41) is 4.48. The van der Waals surface area contributed by atoms with Gasteiger partial charge in [-0.15, -0.1) is 11.8 Å². The van der Waals surface area contributed by atoms with Crippen LogP contribution in [0.15, 0.2) is 52.5 Å². The maximum atomic E-state index is 11.1. The summed E-state index contributed by atoms with van der Waals surface area (Å²) in [6.45, 7) is 2.18. The van der Waals surface area contributed by atoms with Crippen LogP contribution in [0.5, 0.6) is 5.75 Å². The molecule has 138 valence electrons. The van der Waals surface area contributed by atoms with Gasteiger partial charge in [0.2, 0.25) is 0 Å². The van der Waals surface area contributed by atoms with Gasteiger partial charge in [0.15, 0.2) is 5.75 Å². The Hall–Kier alpha value is -2.38. The standard InChI is InChI=1S/C18H19ClN2O4S/c1-12(20-24-11-14-6-4-5-7-17(14)26-3)13-8-9-15(19)16(10-13)25-21-18(22)23-2/h4-10H,11H2,1-3H3,(H,21,22). The molecule has 6 nitrogen and oxygen atoms in total. The van der Waals surface area contributed by atoms with Crippen molar-refractivity contribution in [2.75, 3.05) is 13.4 Å². The predicted octanol–water partition coefficient (Wildman–Crippen LogP) is 4.65.